The fourth-order valence-corrected chi connectivity index (χ4v) is 5.34. The van der Waals surface area contributed by atoms with E-state index in [4.69, 9.17) is 5.73 Å². The number of aliphatic hydroxyl groups is 1. The summed E-state index contributed by atoms with van der Waals surface area (Å²) in [6.45, 7) is -0.481. The fraction of sp³-hybridized carbons (Fsp3) is 0.250. The van der Waals surface area contributed by atoms with Gasteiger partial charge in [-0.3, -0.25) is 0 Å². The van der Waals surface area contributed by atoms with Gasteiger partial charge in [0.25, 0.3) is 0 Å². The molecule has 0 radical (unpaired) electrons. The summed E-state index contributed by atoms with van der Waals surface area (Å²) in [6, 6.07) is 13.7. The minimum absolute atomic E-state index is 0.155. The molecule has 22 heavy (non-hydrogen) atoms. The molecule has 0 spiro atoms. The van der Waals surface area contributed by atoms with Gasteiger partial charge < -0.3 is 10.8 Å². The largest absolute Gasteiger partial charge is 0.394 e. The van der Waals surface area contributed by atoms with E-state index in [0.29, 0.717) is 5.56 Å². The molecule has 0 aromatic heterocycles. The van der Waals surface area contributed by atoms with E-state index >= 15 is 0 Å². The van der Waals surface area contributed by atoms with Gasteiger partial charge in [0.15, 0.2) is 9.84 Å². The molecule has 1 aliphatic rings. The summed E-state index contributed by atoms with van der Waals surface area (Å²) in [6.07, 6.45) is 0. The predicted octanol–water partition coefficient (Wildman–Crippen LogP) is 1.46. The summed E-state index contributed by atoms with van der Waals surface area (Å²) >= 11 is 0. The van der Waals surface area contributed by atoms with Crippen LogP contribution in [0.15, 0.2) is 59.5 Å². The molecule has 3 rings (SSSR count). The van der Waals surface area contributed by atoms with Gasteiger partial charge in [-0.1, -0.05) is 30.3 Å². The van der Waals surface area contributed by atoms with Crippen LogP contribution in [0.1, 0.15) is 11.5 Å². The van der Waals surface area contributed by atoms with Crippen LogP contribution in [0, 0.1) is 5.82 Å². The third-order valence-electron chi connectivity index (χ3n) is 4.19. The van der Waals surface area contributed by atoms with Crippen LogP contribution in [0.4, 0.5) is 4.39 Å². The first-order valence-electron chi connectivity index (χ1n) is 6.85. The van der Waals surface area contributed by atoms with Gasteiger partial charge in [0.05, 0.1) is 22.3 Å². The Kier molecular flexibility index (Phi) is 3.55. The lowest BCUT2D eigenvalue weighted by Crippen LogP contribution is -2.35. The molecule has 0 bridgehead atoms. The Morgan fingerprint density at radius 1 is 1.14 bits per heavy atom. The Bertz CT molecular complexity index is 794. The molecule has 3 N–H and O–H groups in total. The SMILES string of the molecule is N[C@@]1(CO)[C@@H](c2cccc(F)c2)[C@@H]1S(=O)(=O)c1ccccc1. The first-order valence-corrected chi connectivity index (χ1v) is 8.40. The van der Waals surface area contributed by atoms with Gasteiger partial charge in [0.2, 0.25) is 0 Å². The number of sulfone groups is 1. The van der Waals surface area contributed by atoms with Crippen LogP contribution in [0.5, 0.6) is 0 Å². The van der Waals surface area contributed by atoms with Crippen molar-refractivity contribution in [1.29, 1.82) is 0 Å². The van der Waals surface area contributed by atoms with Gasteiger partial charge in [0, 0.05) is 5.92 Å². The van der Waals surface area contributed by atoms with Crippen LogP contribution >= 0.6 is 0 Å². The molecule has 1 saturated carbocycles. The van der Waals surface area contributed by atoms with Gasteiger partial charge in [0.1, 0.15) is 5.82 Å². The summed E-state index contributed by atoms with van der Waals surface area (Å²) in [5.41, 5.74) is 5.29. The number of aliphatic hydroxyl groups excluding tert-OH is 1. The average Bonchev–Trinajstić information content (AvgIpc) is 3.16. The summed E-state index contributed by atoms with van der Waals surface area (Å²) in [7, 11) is -3.70. The molecule has 0 saturated heterocycles. The number of halogens is 1. The molecule has 0 aliphatic heterocycles. The Morgan fingerprint density at radius 2 is 1.82 bits per heavy atom. The zero-order valence-corrected chi connectivity index (χ0v) is 12.5. The zero-order valence-electron chi connectivity index (χ0n) is 11.7. The van der Waals surface area contributed by atoms with Crippen molar-refractivity contribution in [3.05, 3.63) is 66.0 Å². The first kappa shape index (κ1) is 15.1. The molecular formula is C16H16FNO3S. The van der Waals surface area contributed by atoms with E-state index in [2.05, 4.69) is 0 Å². The highest BCUT2D eigenvalue weighted by Gasteiger charge is 2.69. The summed E-state index contributed by atoms with van der Waals surface area (Å²) in [5, 5.41) is 8.60. The normalized spacial score (nSPS) is 27.6. The Morgan fingerprint density at radius 3 is 2.41 bits per heavy atom. The van der Waals surface area contributed by atoms with Crippen LogP contribution in [0.25, 0.3) is 0 Å². The average molecular weight is 321 g/mol. The molecule has 1 fully saturated rings. The zero-order chi connectivity index (χ0) is 16.0. The van der Waals surface area contributed by atoms with E-state index in [1.165, 1.54) is 30.3 Å². The van der Waals surface area contributed by atoms with Crippen molar-refractivity contribution >= 4 is 9.84 Å². The van der Waals surface area contributed by atoms with Crippen molar-refractivity contribution in [2.45, 2.75) is 21.6 Å². The van der Waals surface area contributed by atoms with Crippen LogP contribution in [0.3, 0.4) is 0 Å². The van der Waals surface area contributed by atoms with Gasteiger partial charge in [-0.2, -0.15) is 0 Å². The maximum absolute atomic E-state index is 13.4. The van der Waals surface area contributed by atoms with Gasteiger partial charge in [-0.15, -0.1) is 0 Å². The smallest absolute Gasteiger partial charge is 0.183 e. The topological polar surface area (TPSA) is 80.4 Å². The third kappa shape index (κ3) is 2.24. The molecule has 0 amide bonds. The van der Waals surface area contributed by atoms with E-state index in [0.717, 1.165) is 0 Å². The molecule has 0 heterocycles. The van der Waals surface area contributed by atoms with Gasteiger partial charge >= 0.3 is 0 Å². The van der Waals surface area contributed by atoms with E-state index in [-0.39, 0.29) is 4.90 Å². The maximum Gasteiger partial charge on any atom is 0.183 e. The summed E-state index contributed by atoms with van der Waals surface area (Å²) in [5.74, 6) is -1.08. The number of hydrogen-bond donors (Lipinski definition) is 2. The van der Waals surface area contributed by atoms with Crippen LogP contribution < -0.4 is 5.73 Å². The van der Waals surface area contributed by atoms with E-state index < -0.39 is 39.0 Å². The van der Waals surface area contributed by atoms with Gasteiger partial charge in [-0.05, 0) is 29.8 Å². The maximum atomic E-state index is 13.4. The number of nitrogens with two attached hydrogens (primary N) is 1. The van der Waals surface area contributed by atoms with Gasteiger partial charge in [-0.25, -0.2) is 12.8 Å². The molecule has 2 aromatic carbocycles. The van der Waals surface area contributed by atoms with Crippen LogP contribution in [-0.4, -0.2) is 30.9 Å². The van der Waals surface area contributed by atoms with Crippen molar-refractivity contribution in [2.75, 3.05) is 6.61 Å². The van der Waals surface area contributed by atoms with Crippen molar-refractivity contribution in [2.24, 2.45) is 5.73 Å². The molecule has 6 heteroatoms. The molecule has 1 aliphatic carbocycles. The quantitative estimate of drug-likeness (QED) is 0.893. The minimum Gasteiger partial charge on any atom is -0.394 e. The highest BCUT2D eigenvalue weighted by atomic mass is 32.2. The second-order valence-electron chi connectivity index (χ2n) is 5.58. The van der Waals surface area contributed by atoms with Crippen molar-refractivity contribution in [3.8, 4) is 0 Å². The van der Waals surface area contributed by atoms with E-state index in [9.17, 15) is 17.9 Å². The second-order valence-corrected chi connectivity index (χ2v) is 7.65. The van der Waals surface area contributed by atoms with E-state index in [1.807, 2.05) is 0 Å². The molecular weight excluding hydrogens is 305 g/mol. The Balaban J connectivity index is 2.04. The van der Waals surface area contributed by atoms with E-state index in [1.54, 1.807) is 24.3 Å². The van der Waals surface area contributed by atoms with Crippen molar-refractivity contribution in [1.82, 2.24) is 0 Å². The fourth-order valence-electron chi connectivity index (χ4n) is 3.02. The molecule has 116 valence electrons. The number of hydrogen-bond acceptors (Lipinski definition) is 4. The molecule has 4 nitrogen and oxygen atoms in total. The van der Waals surface area contributed by atoms with Crippen LogP contribution in [0.2, 0.25) is 0 Å². The van der Waals surface area contributed by atoms with Crippen molar-refractivity contribution < 1.29 is 17.9 Å². The lowest BCUT2D eigenvalue weighted by atomic mass is 10.1. The minimum atomic E-state index is -3.70. The highest BCUT2D eigenvalue weighted by molar-refractivity contribution is 7.92. The summed E-state index contributed by atoms with van der Waals surface area (Å²) in [4.78, 5) is 0.155. The Labute approximate surface area is 128 Å². The van der Waals surface area contributed by atoms with Crippen LogP contribution in [-0.2, 0) is 9.84 Å². The highest BCUT2D eigenvalue weighted by Crippen LogP contribution is 2.55. The predicted molar refractivity (Wildman–Crippen MR) is 80.6 cm³/mol. The number of benzene rings is 2. The monoisotopic (exact) mass is 321 g/mol. The second kappa shape index (κ2) is 5.15. The molecule has 3 atom stereocenters. The molecule has 0 unspecified atom stereocenters. The first-order chi connectivity index (χ1) is 10.4. The van der Waals surface area contributed by atoms with Crippen molar-refractivity contribution in [3.63, 3.8) is 0 Å². The molecule has 2 aromatic rings. The Hall–Kier alpha value is -1.76. The number of rotatable bonds is 4. The third-order valence-corrected chi connectivity index (χ3v) is 6.50. The lowest BCUT2D eigenvalue weighted by Gasteiger charge is -2.08. The standard InChI is InChI=1S/C16H16FNO3S/c17-12-6-4-5-11(9-12)14-15(16(14,18)10-19)22(20,21)13-7-2-1-3-8-13/h1-9,14-15,19H,10,18H2/t14-,15-,16-/m0/s1. The lowest BCUT2D eigenvalue weighted by molar-refractivity contribution is 0.253. The summed E-state index contributed by atoms with van der Waals surface area (Å²) < 4.78 is 38.9.